The molecule has 0 saturated carbocycles. The Morgan fingerprint density at radius 2 is 1.36 bits per heavy atom. The highest BCUT2D eigenvalue weighted by molar-refractivity contribution is 7.20. The molecule has 39 heavy (non-hydrogen) atoms. The maximum atomic E-state index is 12.3. The van der Waals surface area contributed by atoms with E-state index in [1.165, 1.54) is 28.3 Å². The Balaban J connectivity index is 0.000000202. The molecule has 0 bridgehead atoms. The first-order chi connectivity index (χ1) is 18.5. The van der Waals surface area contributed by atoms with Crippen molar-refractivity contribution in [3.8, 4) is 5.75 Å². The third-order valence-corrected chi connectivity index (χ3v) is 8.03. The molecule has 0 spiro atoms. The number of methoxy groups -OCH3 is 1. The molecule has 0 atom stereocenters. The zero-order chi connectivity index (χ0) is 28.4. The lowest BCUT2D eigenvalue weighted by Crippen LogP contribution is -2.27. The number of aryl methyl sites for hydroxylation is 2. The first-order valence-electron chi connectivity index (χ1n) is 11.1. The summed E-state index contributed by atoms with van der Waals surface area (Å²) in [6, 6.07) is 10.1. The number of aromatic carboxylic acids is 1. The summed E-state index contributed by atoms with van der Waals surface area (Å²) in [7, 11) is 4.62. The molecule has 0 aliphatic carbocycles. The van der Waals surface area contributed by atoms with Gasteiger partial charge < -0.3 is 15.2 Å². The minimum Gasteiger partial charge on any atom is -0.497 e. The number of benzene rings is 1. The third kappa shape index (κ3) is 5.58. The van der Waals surface area contributed by atoms with Crippen LogP contribution in [0.15, 0.2) is 55.6 Å². The number of thiophene rings is 2. The van der Waals surface area contributed by atoms with Gasteiger partial charge in [-0.15, -0.1) is 22.7 Å². The first kappa shape index (κ1) is 27.3. The second kappa shape index (κ2) is 10.9. The topological polar surface area (TPSA) is 185 Å². The molecule has 4 N–H and O–H groups in total. The number of nitrogens with zero attached hydrogens (tertiary/aromatic N) is 2. The molecule has 0 unspecified atom stereocenters. The summed E-state index contributed by atoms with van der Waals surface area (Å²) in [5.41, 5.74) is -1.17. The summed E-state index contributed by atoms with van der Waals surface area (Å²) < 4.78 is 7.62. The van der Waals surface area contributed by atoms with E-state index >= 15 is 0 Å². The third-order valence-electron chi connectivity index (χ3n) is 5.62. The van der Waals surface area contributed by atoms with E-state index in [2.05, 4.69) is 15.3 Å². The van der Waals surface area contributed by atoms with Crippen molar-refractivity contribution in [1.82, 2.24) is 24.4 Å². The van der Waals surface area contributed by atoms with Crippen molar-refractivity contribution in [3.05, 3.63) is 93.4 Å². The maximum Gasteiger partial charge on any atom is 0.345 e. The van der Waals surface area contributed by atoms with Gasteiger partial charge in [-0.3, -0.25) is 33.5 Å². The summed E-state index contributed by atoms with van der Waals surface area (Å²) in [6.07, 6.45) is 0. The molecule has 0 fully saturated rings. The van der Waals surface area contributed by atoms with E-state index in [0.717, 1.165) is 34.0 Å². The van der Waals surface area contributed by atoms with Gasteiger partial charge in [-0.2, -0.15) is 0 Å². The SMILES string of the molecule is COc1ccc(CNC(=O)c2cc3c(=O)[nH]c(=O)n(C)c3s2)cc1.Cn1c(=O)[nH]c(=O)c2cc(C(=O)O)sc21. The van der Waals surface area contributed by atoms with Gasteiger partial charge in [0, 0.05) is 20.6 Å². The zero-order valence-corrected chi connectivity index (χ0v) is 22.3. The van der Waals surface area contributed by atoms with E-state index in [0.29, 0.717) is 26.5 Å². The number of H-pyrrole nitrogens is 2. The lowest BCUT2D eigenvalue weighted by atomic mass is 10.2. The number of rotatable bonds is 5. The van der Waals surface area contributed by atoms with Crippen LogP contribution in [0.3, 0.4) is 0 Å². The number of amides is 1. The number of hydrogen-bond donors (Lipinski definition) is 4. The van der Waals surface area contributed by atoms with Crippen molar-refractivity contribution in [2.75, 3.05) is 7.11 Å². The highest BCUT2D eigenvalue weighted by atomic mass is 32.1. The van der Waals surface area contributed by atoms with Gasteiger partial charge in [-0.05, 0) is 29.8 Å². The molecule has 4 aromatic heterocycles. The highest BCUT2D eigenvalue weighted by Crippen LogP contribution is 2.22. The van der Waals surface area contributed by atoms with Crippen molar-refractivity contribution in [3.63, 3.8) is 0 Å². The molecular formula is C24H21N5O8S2. The molecule has 0 saturated heterocycles. The van der Waals surface area contributed by atoms with Gasteiger partial charge in [0.05, 0.1) is 22.8 Å². The van der Waals surface area contributed by atoms with E-state index in [-0.39, 0.29) is 16.2 Å². The Morgan fingerprint density at radius 1 is 0.872 bits per heavy atom. The lowest BCUT2D eigenvalue weighted by molar-refractivity contribution is 0.0702. The smallest absolute Gasteiger partial charge is 0.345 e. The van der Waals surface area contributed by atoms with Crippen LogP contribution >= 0.6 is 22.7 Å². The fourth-order valence-electron chi connectivity index (χ4n) is 3.50. The second-order valence-electron chi connectivity index (χ2n) is 8.13. The van der Waals surface area contributed by atoms with Gasteiger partial charge in [0.15, 0.2) is 0 Å². The number of carboxylic acid groups (broad SMARTS) is 1. The molecule has 0 radical (unpaired) electrons. The summed E-state index contributed by atoms with van der Waals surface area (Å²) in [5.74, 6) is -0.656. The fraction of sp³-hybridized carbons (Fsp3) is 0.167. The predicted octanol–water partition coefficient (Wildman–Crippen LogP) is 1.21. The van der Waals surface area contributed by atoms with Crippen molar-refractivity contribution in [2.45, 2.75) is 6.54 Å². The van der Waals surface area contributed by atoms with Gasteiger partial charge in [-0.25, -0.2) is 14.4 Å². The highest BCUT2D eigenvalue weighted by Gasteiger charge is 2.15. The van der Waals surface area contributed by atoms with E-state index in [1.54, 1.807) is 14.2 Å². The fourth-order valence-corrected chi connectivity index (χ4v) is 5.48. The van der Waals surface area contributed by atoms with E-state index in [4.69, 9.17) is 9.84 Å². The monoisotopic (exact) mass is 571 g/mol. The van der Waals surface area contributed by atoms with Gasteiger partial charge in [0.25, 0.3) is 17.0 Å². The summed E-state index contributed by atoms with van der Waals surface area (Å²) in [5, 5.41) is 12.1. The Kier molecular flexibility index (Phi) is 7.64. The van der Waals surface area contributed by atoms with Crippen molar-refractivity contribution < 1.29 is 19.4 Å². The number of carbonyl (C=O) groups is 2. The number of aromatic amines is 2. The average molecular weight is 572 g/mol. The molecule has 0 aliphatic rings. The quantitative estimate of drug-likeness (QED) is 0.242. The maximum absolute atomic E-state index is 12.3. The van der Waals surface area contributed by atoms with Crippen LogP contribution < -0.4 is 32.6 Å². The molecule has 202 valence electrons. The van der Waals surface area contributed by atoms with Gasteiger partial charge >= 0.3 is 17.3 Å². The van der Waals surface area contributed by atoms with Crippen LogP contribution in [-0.2, 0) is 20.6 Å². The van der Waals surface area contributed by atoms with E-state index in [9.17, 15) is 28.8 Å². The molecule has 1 amide bonds. The van der Waals surface area contributed by atoms with Crippen molar-refractivity contribution >= 4 is 55.0 Å². The second-order valence-corrected chi connectivity index (χ2v) is 10.2. The van der Waals surface area contributed by atoms with E-state index < -0.39 is 28.5 Å². The van der Waals surface area contributed by atoms with Gasteiger partial charge in [0.2, 0.25) is 0 Å². The van der Waals surface area contributed by atoms with Crippen molar-refractivity contribution in [2.24, 2.45) is 14.1 Å². The van der Waals surface area contributed by atoms with Crippen LogP contribution in [0.1, 0.15) is 24.9 Å². The van der Waals surface area contributed by atoms with Crippen LogP contribution in [0.2, 0.25) is 0 Å². The number of carboxylic acids is 1. The average Bonchev–Trinajstić information content (AvgIpc) is 3.57. The molecule has 4 heterocycles. The van der Waals surface area contributed by atoms with Gasteiger partial charge in [-0.1, -0.05) is 12.1 Å². The Labute approximate surface area is 225 Å². The van der Waals surface area contributed by atoms with Crippen LogP contribution in [-0.4, -0.2) is 43.2 Å². The molecule has 5 rings (SSSR count). The number of fused-ring (bicyclic) bond motifs is 2. The standard InChI is InChI=1S/C16H15N3O4S.C8H6N2O4S/c1-19-15-11(13(20)18-16(19)22)7-12(24-15)14(21)17-8-9-3-5-10(23-2)6-4-9;1-10-6-3(5(11)9-8(10)14)2-4(15-6)7(12)13/h3-7H,8H2,1-2H3,(H,17,21)(H,18,20,22);2H,1H3,(H,12,13)(H,9,11,14). The van der Waals surface area contributed by atoms with Crippen molar-refractivity contribution in [1.29, 1.82) is 0 Å². The summed E-state index contributed by atoms with van der Waals surface area (Å²) in [6.45, 7) is 0.354. The number of ether oxygens (including phenoxy) is 1. The van der Waals surface area contributed by atoms with Gasteiger partial charge in [0.1, 0.15) is 20.3 Å². The largest absolute Gasteiger partial charge is 0.497 e. The summed E-state index contributed by atoms with van der Waals surface area (Å²) in [4.78, 5) is 74.5. The molecule has 13 nitrogen and oxygen atoms in total. The number of carbonyl (C=O) groups excluding carboxylic acids is 1. The molecule has 5 aromatic rings. The minimum absolute atomic E-state index is 0.0386. The molecule has 15 heteroatoms. The number of aromatic nitrogens is 4. The zero-order valence-electron chi connectivity index (χ0n) is 20.7. The van der Waals surface area contributed by atoms with Crippen LogP contribution in [0, 0.1) is 0 Å². The number of hydrogen-bond acceptors (Lipinski definition) is 9. The minimum atomic E-state index is -1.11. The van der Waals surface area contributed by atoms with Crippen LogP contribution in [0.4, 0.5) is 0 Å². The molecule has 0 aliphatic heterocycles. The Morgan fingerprint density at radius 3 is 1.85 bits per heavy atom. The van der Waals surface area contributed by atoms with Crippen LogP contribution in [0.25, 0.3) is 20.4 Å². The Bertz CT molecular complexity index is 1960. The number of nitrogens with one attached hydrogen (secondary N) is 3. The lowest BCUT2D eigenvalue weighted by Gasteiger charge is -2.05. The van der Waals surface area contributed by atoms with E-state index in [1.807, 2.05) is 24.3 Å². The normalized spacial score (nSPS) is 10.7. The molecule has 1 aromatic carbocycles. The molecular weight excluding hydrogens is 550 g/mol. The Hall–Kier alpha value is -4.76. The first-order valence-corrected chi connectivity index (χ1v) is 12.7. The predicted molar refractivity (Wildman–Crippen MR) is 146 cm³/mol. The van der Waals surface area contributed by atoms with Crippen LogP contribution in [0.5, 0.6) is 5.75 Å². The summed E-state index contributed by atoms with van der Waals surface area (Å²) >= 11 is 2.02.